The van der Waals surface area contributed by atoms with Crippen molar-refractivity contribution in [2.45, 2.75) is 65.7 Å². The van der Waals surface area contributed by atoms with Crippen LogP contribution >= 0.6 is 11.8 Å². The maximum atomic E-state index is 11.8. The van der Waals surface area contributed by atoms with Crippen molar-refractivity contribution in [1.82, 2.24) is 10.6 Å². The van der Waals surface area contributed by atoms with Gasteiger partial charge in [0, 0.05) is 19.2 Å². The molecule has 0 fully saturated rings. The monoisotopic (exact) mass is 348 g/mol. The van der Waals surface area contributed by atoms with Gasteiger partial charge in [0.2, 0.25) is 0 Å². The summed E-state index contributed by atoms with van der Waals surface area (Å²) in [4.78, 5) is 34.6. The summed E-state index contributed by atoms with van der Waals surface area (Å²) in [6.07, 6.45) is -1.18. The Bertz CT molecular complexity index is 427. The summed E-state index contributed by atoms with van der Waals surface area (Å²) in [7, 11) is 0. The second-order valence-corrected chi connectivity index (χ2v) is 8.23. The topological polar surface area (TPSA) is 93.7 Å². The minimum atomic E-state index is -0.624. The van der Waals surface area contributed by atoms with Crippen LogP contribution in [0.1, 0.15) is 48.5 Å². The Morgan fingerprint density at radius 3 is 1.87 bits per heavy atom. The second-order valence-electron chi connectivity index (χ2n) is 7.03. The first-order valence-electron chi connectivity index (χ1n) is 7.38. The van der Waals surface area contributed by atoms with Crippen molar-refractivity contribution in [1.29, 1.82) is 0 Å². The summed E-state index contributed by atoms with van der Waals surface area (Å²) in [5.74, 6) is 0.324. The first-order valence-corrected chi connectivity index (χ1v) is 8.37. The first kappa shape index (κ1) is 21.6. The maximum absolute atomic E-state index is 11.8. The molecule has 7 nitrogen and oxygen atoms in total. The lowest BCUT2D eigenvalue weighted by Gasteiger charge is -2.24. The van der Waals surface area contributed by atoms with Gasteiger partial charge < -0.3 is 20.1 Å². The normalized spacial score (nSPS) is 13.0. The minimum Gasteiger partial charge on any atom is -0.444 e. The molecule has 2 amide bonds. The number of rotatable bonds is 5. The number of carbonyl (C=O) groups is 3. The first-order chi connectivity index (χ1) is 10.3. The molecule has 1 unspecified atom stereocenters. The lowest BCUT2D eigenvalue weighted by atomic mass is 10.2. The highest BCUT2D eigenvalue weighted by Crippen LogP contribution is 2.09. The molecule has 0 aromatic carbocycles. The Balaban J connectivity index is 4.53. The average Bonchev–Trinajstić information content (AvgIpc) is 2.27. The molecule has 1 atom stereocenters. The van der Waals surface area contributed by atoms with Crippen LogP contribution in [0.4, 0.5) is 9.59 Å². The van der Waals surface area contributed by atoms with Gasteiger partial charge >= 0.3 is 12.2 Å². The molecule has 0 rings (SSSR count). The van der Waals surface area contributed by atoms with E-state index in [9.17, 15) is 14.4 Å². The largest absolute Gasteiger partial charge is 0.444 e. The summed E-state index contributed by atoms with van der Waals surface area (Å²) in [5.41, 5.74) is -1.23. The number of carbonyl (C=O) groups excluding carboxylic acids is 3. The maximum Gasteiger partial charge on any atom is 0.407 e. The Morgan fingerprint density at radius 2 is 1.43 bits per heavy atom. The van der Waals surface area contributed by atoms with Gasteiger partial charge in [-0.05, 0) is 41.5 Å². The molecule has 0 saturated heterocycles. The average molecular weight is 348 g/mol. The Hall–Kier alpha value is -1.44. The number of hydrogen-bond donors (Lipinski definition) is 2. The van der Waals surface area contributed by atoms with Crippen molar-refractivity contribution in [3.05, 3.63) is 0 Å². The fourth-order valence-electron chi connectivity index (χ4n) is 1.36. The number of thioether (sulfide) groups is 1. The van der Waals surface area contributed by atoms with E-state index in [-0.39, 0.29) is 11.7 Å². The van der Waals surface area contributed by atoms with Gasteiger partial charge in [0.05, 0.1) is 6.04 Å². The van der Waals surface area contributed by atoms with Crippen LogP contribution in [0, 0.1) is 0 Å². The summed E-state index contributed by atoms with van der Waals surface area (Å²) in [5, 5.41) is 5.15. The molecule has 23 heavy (non-hydrogen) atoms. The van der Waals surface area contributed by atoms with E-state index in [0.29, 0.717) is 5.75 Å². The lowest BCUT2D eigenvalue weighted by Crippen LogP contribution is -2.47. The van der Waals surface area contributed by atoms with Crippen LogP contribution in [0.15, 0.2) is 0 Å². The third-order valence-electron chi connectivity index (χ3n) is 2.10. The van der Waals surface area contributed by atoms with Crippen LogP contribution in [0.5, 0.6) is 0 Å². The standard InChI is InChI=1S/C15H28N2O5S/c1-10(18)23-9-11(17-13(20)22-15(5,6)7)8-16-12(19)21-14(2,3)4/h11H,8-9H2,1-7H3,(H,16,19)(H,17,20). The molecule has 134 valence electrons. The highest BCUT2D eigenvalue weighted by molar-refractivity contribution is 8.13. The number of nitrogens with one attached hydrogen (secondary N) is 2. The molecule has 0 saturated carbocycles. The SMILES string of the molecule is CC(=O)SCC(CNC(=O)OC(C)(C)C)NC(=O)OC(C)(C)C. The molecule has 2 N–H and O–H groups in total. The molecule has 8 heteroatoms. The van der Waals surface area contributed by atoms with E-state index < -0.39 is 29.4 Å². The molecular formula is C15H28N2O5S. The van der Waals surface area contributed by atoms with Gasteiger partial charge in [0.1, 0.15) is 11.2 Å². The Labute approximate surface area is 142 Å². The van der Waals surface area contributed by atoms with Crippen molar-refractivity contribution < 1.29 is 23.9 Å². The summed E-state index contributed by atoms with van der Waals surface area (Å²) in [6.45, 7) is 12.1. The Morgan fingerprint density at radius 1 is 0.957 bits per heavy atom. The minimum absolute atomic E-state index is 0.0711. The quantitative estimate of drug-likeness (QED) is 0.793. The molecule has 0 aliphatic carbocycles. The van der Waals surface area contributed by atoms with Gasteiger partial charge in [-0.15, -0.1) is 0 Å². The van der Waals surface area contributed by atoms with E-state index in [4.69, 9.17) is 9.47 Å². The van der Waals surface area contributed by atoms with Crippen LogP contribution in [-0.2, 0) is 14.3 Å². The van der Waals surface area contributed by atoms with E-state index in [1.807, 2.05) is 0 Å². The van der Waals surface area contributed by atoms with E-state index in [2.05, 4.69) is 10.6 Å². The molecule has 0 aliphatic rings. The van der Waals surface area contributed by atoms with E-state index in [1.165, 1.54) is 6.92 Å². The molecule has 0 radical (unpaired) electrons. The predicted molar refractivity (Wildman–Crippen MR) is 90.5 cm³/mol. The van der Waals surface area contributed by atoms with Crippen LogP contribution in [0.25, 0.3) is 0 Å². The third-order valence-corrected chi connectivity index (χ3v) is 3.08. The number of hydrogen-bond acceptors (Lipinski definition) is 6. The molecule has 0 aliphatic heterocycles. The van der Waals surface area contributed by atoms with Gasteiger partial charge in [-0.1, -0.05) is 11.8 Å². The van der Waals surface area contributed by atoms with E-state index in [0.717, 1.165) is 11.8 Å². The van der Waals surface area contributed by atoms with Crippen molar-refractivity contribution in [3.8, 4) is 0 Å². The van der Waals surface area contributed by atoms with Gasteiger partial charge in [0.25, 0.3) is 0 Å². The molecule has 0 spiro atoms. The molecular weight excluding hydrogens is 320 g/mol. The summed E-state index contributed by atoms with van der Waals surface area (Å²) >= 11 is 1.06. The van der Waals surface area contributed by atoms with Crippen LogP contribution in [-0.4, -0.2) is 46.8 Å². The highest BCUT2D eigenvalue weighted by Gasteiger charge is 2.22. The zero-order chi connectivity index (χ0) is 18.3. The van der Waals surface area contributed by atoms with Crippen molar-refractivity contribution in [2.24, 2.45) is 0 Å². The van der Waals surface area contributed by atoms with Crippen molar-refractivity contribution in [2.75, 3.05) is 12.3 Å². The Kier molecular flexibility index (Phi) is 8.44. The number of amides is 2. The second kappa shape index (κ2) is 9.00. The van der Waals surface area contributed by atoms with Crippen molar-refractivity contribution >= 4 is 29.1 Å². The number of alkyl carbamates (subject to hydrolysis) is 2. The lowest BCUT2D eigenvalue weighted by molar-refractivity contribution is -0.109. The fraction of sp³-hybridized carbons (Fsp3) is 0.800. The van der Waals surface area contributed by atoms with E-state index >= 15 is 0 Å². The zero-order valence-electron chi connectivity index (χ0n) is 14.9. The van der Waals surface area contributed by atoms with Gasteiger partial charge in [-0.3, -0.25) is 4.79 Å². The zero-order valence-corrected chi connectivity index (χ0v) is 15.8. The van der Waals surface area contributed by atoms with Crippen LogP contribution < -0.4 is 10.6 Å². The van der Waals surface area contributed by atoms with Gasteiger partial charge in [-0.2, -0.15) is 0 Å². The smallest absolute Gasteiger partial charge is 0.407 e. The number of ether oxygens (including phenoxy) is 2. The van der Waals surface area contributed by atoms with Crippen LogP contribution in [0.2, 0.25) is 0 Å². The highest BCUT2D eigenvalue weighted by atomic mass is 32.2. The summed E-state index contributed by atoms with van der Waals surface area (Å²) < 4.78 is 10.3. The van der Waals surface area contributed by atoms with Gasteiger partial charge in [0.15, 0.2) is 5.12 Å². The van der Waals surface area contributed by atoms with E-state index in [1.54, 1.807) is 41.5 Å². The molecule has 0 aromatic rings. The molecule has 0 aromatic heterocycles. The van der Waals surface area contributed by atoms with Crippen LogP contribution in [0.3, 0.4) is 0 Å². The predicted octanol–water partition coefficient (Wildman–Crippen LogP) is 2.68. The molecule has 0 heterocycles. The van der Waals surface area contributed by atoms with Gasteiger partial charge in [-0.25, -0.2) is 9.59 Å². The molecule has 0 bridgehead atoms. The fourth-order valence-corrected chi connectivity index (χ4v) is 2.00. The van der Waals surface area contributed by atoms with Crippen molar-refractivity contribution in [3.63, 3.8) is 0 Å². The third kappa shape index (κ3) is 13.9. The summed E-state index contributed by atoms with van der Waals surface area (Å²) in [6, 6.07) is -0.453.